The third-order valence-corrected chi connectivity index (χ3v) is 4.48. The second-order valence-electron chi connectivity index (χ2n) is 6.38. The van der Waals surface area contributed by atoms with Crippen molar-refractivity contribution >= 4 is 16.7 Å². The highest BCUT2D eigenvalue weighted by Gasteiger charge is 2.22. The fraction of sp³-hybridized carbons (Fsp3) is 0.476. The van der Waals surface area contributed by atoms with Crippen LogP contribution < -0.4 is 0 Å². The van der Waals surface area contributed by atoms with Crippen LogP contribution in [0.1, 0.15) is 63.9 Å². The molecule has 0 fully saturated rings. The third kappa shape index (κ3) is 4.73. The van der Waals surface area contributed by atoms with Gasteiger partial charge in [0, 0.05) is 5.56 Å². The summed E-state index contributed by atoms with van der Waals surface area (Å²) in [6.07, 6.45) is 6.97. The first-order chi connectivity index (χ1) is 11.6. The molecule has 0 bridgehead atoms. The zero-order valence-electron chi connectivity index (χ0n) is 14.8. The minimum atomic E-state index is -0.476. The number of ether oxygens (including phenoxy) is 1. The average Bonchev–Trinajstić information content (AvgIpc) is 2.60. The Labute approximate surface area is 144 Å². The van der Waals surface area contributed by atoms with E-state index in [2.05, 4.69) is 6.92 Å². The minimum absolute atomic E-state index is 0.151. The molecule has 1 N–H and O–H groups in total. The number of rotatable bonds is 9. The molecule has 0 amide bonds. The van der Waals surface area contributed by atoms with Crippen LogP contribution in [0.4, 0.5) is 0 Å². The molecular weight excluding hydrogens is 300 g/mol. The Morgan fingerprint density at radius 1 is 1.04 bits per heavy atom. The molecular formula is C21H28O3. The zero-order chi connectivity index (χ0) is 17.4. The second kappa shape index (κ2) is 9.31. The van der Waals surface area contributed by atoms with Gasteiger partial charge in [0.1, 0.15) is 5.75 Å². The van der Waals surface area contributed by atoms with Gasteiger partial charge in [0.15, 0.2) is 0 Å². The van der Waals surface area contributed by atoms with Crippen LogP contribution in [0.25, 0.3) is 10.8 Å². The molecule has 130 valence electrons. The first-order valence-electron chi connectivity index (χ1n) is 9.02. The SMILES string of the molecule is CCCCCCCCOC(=O)[C@@H](C)c1c(O)ccc2ccccc12. The summed E-state index contributed by atoms with van der Waals surface area (Å²) in [6.45, 7) is 4.46. The van der Waals surface area contributed by atoms with Crippen LogP contribution in [0.3, 0.4) is 0 Å². The normalized spacial score (nSPS) is 12.2. The first-order valence-corrected chi connectivity index (χ1v) is 9.02. The Balaban J connectivity index is 1.93. The molecule has 0 radical (unpaired) electrons. The van der Waals surface area contributed by atoms with Crippen molar-refractivity contribution < 1.29 is 14.6 Å². The lowest BCUT2D eigenvalue weighted by atomic mass is 9.94. The number of unbranched alkanes of at least 4 members (excludes halogenated alkanes) is 5. The van der Waals surface area contributed by atoms with E-state index in [4.69, 9.17) is 4.74 Å². The van der Waals surface area contributed by atoms with Gasteiger partial charge < -0.3 is 9.84 Å². The number of carbonyl (C=O) groups is 1. The Kier molecular flexibility index (Phi) is 7.10. The van der Waals surface area contributed by atoms with E-state index in [1.54, 1.807) is 13.0 Å². The quantitative estimate of drug-likeness (QED) is 0.485. The molecule has 24 heavy (non-hydrogen) atoms. The number of aromatic hydroxyl groups is 1. The van der Waals surface area contributed by atoms with E-state index in [1.165, 1.54) is 25.7 Å². The number of fused-ring (bicyclic) bond motifs is 1. The van der Waals surface area contributed by atoms with E-state index < -0.39 is 5.92 Å². The van der Waals surface area contributed by atoms with Crippen LogP contribution in [-0.2, 0) is 9.53 Å². The van der Waals surface area contributed by atoms with Crippen molar-refractivity contribution in [3.8, 4) is 5.75 Å². The third-order valence-electron chi connectivity index (χ3n) is 4.48. The fourth-order valence-corrected chi connectivity index (χ4v) is 3.04. The summed E-state index contributed by atoms with van der Waals surface area (Å²) < 4.78 is 5.42. The highest BCUT2D eigenvalue weighted by Crippen LogP contribution is 2.34. The molecule has 0 aliphatic heterocycles. The Morgan fingerprint density at radius 2 is 1.75 bits per heavy atom. The van der Waals surface area contributed by atoms with Gasteiger partial charge in [-0.25, -0.2) is 0 Å². The van der Waals surface area contributed by atoms with Crippen molar-refractivity contribution in [3.63, 3.8) is 0 Å². The molecule has 0 aliphatic carbocycles. The summed E-state index contributed by atoms with van der Waals surface area (Å²) >= 11 is 0. The van der Waals surface area contributed by atoms with Crippen molar-refractivity contribution in [2.45, 2.75) is 58.3 Å². The van der Waals surface area contributed by atoms with Crippen LogP contribution in [0, 0.1) is 0 Å². The Morgan fingerprint density at radius 3 is 2.54 bits per heavy atom. The van der Waals surface area contributed by atoms with Gasteiger partial charge in [-0.15, -0.1) is 0 Å². The van der Waals surface area contributed by atoms with Gasteiger partial charge in [0.2, 0.25) is 0 Å². The second-order valence-corrected chi connectivity index (χ2v) is 6.38. The highest BCUT2D eigenvalue weighted by molar-refractivity contribution is 5.93. The molecule has 0 spiro atoms. The van der Waals surface area contributed by atoms with E-state index in [-0.39, 0.29) is 11.7 Å². The van der Waals surface area contributed by atoms with E-state index in [0.717, 1.165) is 23.6 Å². The number of esters is 1. The van der Waals surface area contributed by atoms with E-state index in [0.29, 0.717) is 12.2 Å². The average molecular weight is 328 g/mol. The summed E-state index contributed by atoms with van der Waals surface area (Å²) in [7, 11) is 0. The van der Waals surface area contributed by atoms with Crippen molar-refractivity contribution in [1.82, 2.24) is 0 Å². The van der Waals surface area contributed by atoms with Crippen LogP contribution in [0.2, 0.25) is 0 Å². The monoisotopic (exact) mass is 328 g/mol. The maximum Gasteiger partial charge on any atom is 0.313 e. The number of carbonyl (C=O) groups excluding carboxylic acids is 1. The Bertz CT molecular complexity index is 663. The van der Waals surface area contributed by atoms with Gasteiger partial charge in [-0.05, 0) is 30.2 Å². The molecule has 0 aromatic heterocycles. The summed E-state index contributed by atoms with van der Waals surface area (Å²) in [5.74, 6) is -0.593. The summed E-state index contributed by atoms with van der Waals surface area (Å²) in [4.78, 5) is 12.3. The van der Waals surface area contributed by atoms with Crippen LogP contribution in [0.15, 0.2) is 36.4 Å². The van der Waals surface area contributed by atoms with E-state index in [9.17, 15) is 9.90 Å². The summed E-state index contributed by atoms with van der Waals surface area (Å²) in [5.41, 5.74) is 0.654. The minimum Gasteiger partial charge on any atom is -0.508 e. The number of benzene rings is 2. The molecule has 2 aromatic rings. The van der Waals surface area contributed by atoms with Crippen molar-refractivity contribution in [1.29, 1.82) is 0 Å². The lowest BCUT2D eigenvalue weighted by Gasteiger charge is -2.16. The maximum atomic E-state index is 12.3. The molecule has 0 saturated heterocycles. The topological polar surface area (TPSA) is 46.5 Å². The van der Waals surface area contributed by atoms with Crippen molar-refractivity contribution in [2.75, 3.05) is 6.61 Å². The first kappa shape index (κ1) is 18.3. The number of phenols is 1. The van der Waals surface area contributed by atoms with Gasteiger partial charge >= 0.3 is 5.97 Å². The van der Waals surface area contributed by atoms with Gasteiger partial charge in [-0.3, -0.25) is 4.79 Å². The zero-order valence-corrected chi connectivity index (χ0v) is 14.8. The number of phenolic OH excluding ortho intramolecular Hbond substituents is 1. The molecule has 0 unspecified atom stereocenters. The van der Waals surface area contributed by atoms with Gasteiger partial charge in [-0.2, -0.15) is 0 Å². The van der Waals surface area contributed by atoms with Crippen molar-refractivity contribution in [2.24, 2.45) is 0 Å². The smallest absolute Gasteiger partial charge is 0.313 e. The molecule has 0 saturated carbocycles. The van der Waals surface area contributed by atoms with Gasteiger partial charge in [0.25, 0.3) is 0 Å². The number of hydrogen-bond donors (Lipinski definition) is 1. The molecule has 3 heteroatoms. The van der Waals surface area contributed by atoms with E-state index in [1.807, 2.05) is 30.3 Å². The largest absolute Gasteiger partial charge is 0.508 e. The molecule has 2 rings (SSSR count). The van der Waals surface area contributed by atoms with Gasteiger partial charge in [0.05, 0.1) is 12.5 Å². The Hall–Kier alpha value is -2.03. The standard InChI is InChI=1S/C21H28O3/c1-3-4-5-6-7-10-15-24-21(23)16(2)20-18-12-9-8-11-17(18)13-14-19(20)22/h8-9,11-14,16,22H,3-7,10,15H2,1-2H3/t16-/m0/s1. The van der Waals surface area contributed by atoms with Crippen LogP contribution in [-0.4, -0.2) is 17.7 Å². The molecule has 0 aliphatic rings. The summed E-state index contributed by atoms with van der Waals surface area (Å²) in [6, 6.07) is 11.3. The molecule has 3 nitrogen and oxygen atoms in total. The van der Waals surface area contributed by atoms with E-state index >= 15 is 0 Å². The van der Waals surface area contributed by atoms with Crippen molar-refractivity contribution in [3.05, 3.63) is 42.0 Å². The number of hydrogen-bond acceptors (Lipinski definition) is 3. The molecule has 1 atom stereocenters. The van der Waals surface area contributed by atoms with Crippen LogP contribution in [0.5, 0.6) is 5.75 Å². The summed E-state index contributed by atoms with van der Waals surface area (Å²) in [5, 5.41) is 12.1. The maximum absolute atomic E-state index is 12.3. The van der Waals surface area contributed by atoms with Gasteiger partial charge in [-0.1, -0.05) is 69.4 Å². The highest BCUT2D eigenvalue weighted by atomic mass is 16.5. The lowest BCUT2D eigenvalue weighted by Crippen LogP contribution is -2.14. The lowest BCUT2D eigenvalue weighted by molar-refractivity contribution is -0.145. The van der Waals surface area contributed by atoms with Crippen LogP contribution >= 0.6 is 0 Å². The predicted molar refractivity (Wildman–Crippen MR) is 98.4 cm³/mol. The fourth-order valence-electron chi connectivity index (χ4n) is 3.04. The predicted octanol–water partition coefficient (Wildman–Crippen LogP) is 5.55. The molecule has 2 aromatic carbocycles. The molecule has 0 heterocycles.